The van der Waals surface area contributed by atoms with Gasteiger partial charge >= 0.3 is 11.8 Å². The molecule has 0 N–H and O–H groups in total. The molecule has 1 aliphatic rings. The summed E-state index contributed by atoms with van der Waals surface area (Å²) in [5, 5.41) is 0. The van der Waals surface area contributed by atoms with Crippen molar-refractivity contribution in [2.45, 2.75) is 60.5 Å². The number of carbonyl (C=O) groups excluding carboxylic acids is 2. The first kappa shape index (κ1) is 17.2. The first-order chi connectivity index (χ1) is 10.6. The van der Waals surface area contributed by atoms with Gasteiger partial charge in [-0.05, 0) is 59.6 Å². The summed E-state index contributed by atoms with van der Waals surface area (Å²) in [6.45, 7) is 13.6. The van der Waals surface area contributed by atoms with E-state index in [1.165, 1.54) is 15.4 Å². The highest BCUT2D eigenvalue weighted by atomic mass is 16.2. The maximum absolute atomic E-state index is 12.3. The van der Waals surface area contributed by atoms with E-state index in [1.807, 2.05) is 48.5 Å². The molecule has 1 aliphatic heterocycles. The minimum absolute atomic E-state index is 0.125. The lowest BCUT2D eigenvalue weighted by Gasteiger charge is -2.25. The van der Waals surface area contributed by atoms with Gasteiger partial charge in [-0.2, -0.15) is 0 Å². The van der Waals surface area contributed by atoms with Crippen LogP contribution in [0.4, 0.5) is 5.69 Å². The molecule has 0 aromatic heterocycles. The number of guanidine groups is 1. The molecule has 0 unspecified atom stereocenters. The molecule has 1 aromatic rings. The van der Waals surface area contributed by atoms with Crippen molar-refractivity contribution in [1.82, 2.24) is 9.80 Å². The molecule has 23 heavy (non-hydrogen) atoms. The first-order valence-corrected chi connectivity index (χ1v) is 7.98. The fourth-order valence-corrected chi connectivity index (χ4v) is 2.99. The van der Waals surface area contributed by atoms with Gasteiger partial charge in [-0.3, -0.25) is 19.4 Å². The first-order valence-electron chi connectivity index (χ1n) is 7.98. The van der Waals surface area contributed by atoms with Crippen molar-refractivity contribution in [2.75, 3.05) is 0 Å². The van der Waals surface area contributed by atoms with Crippen LogP contribution in [0.5, 0.6) is 0 Å². The third kappa shape index (κ3) is 3.00. The summed E-state index contributed by atoms with van der Waals surface area (Å²) >= 11 is 0. The van der Waals surface area contributed by atoms with Crippen LogP contribution >= 0.6 is 0 Å². The van der Waals surface area contributed by atoms with E-state index in [-0.39, 0.29) is 12.1 Å². The third-order valence-corrected chi connectivity index (χ3v) is 3.93. The Labute approximate surface area is 138 Å². The van der Waals surface area contributed by atoms with Gasteiger partial charge in [0.1, 0.15) is 0 Å². The molecule has 0 saturated carbocycles. The zero-order valence-corrected chi connectivity index (χ0v) is 15.0. The van der Waals surface area contributed by atoms with Gasteiger partial charge in [0, 0.05) is 12.1 Å². The highest BCUT2D eigenvalue weighted by molar-refractivity contribution is 6.45. The predicted molar refractivity (Wildman–Crippen MR) is 91.7 cm³/mol. The average Bonchev–Trinajstić information content (AvgIpc) is 2.65. The van der Waals surface area contributed by atoms with Crippen molar-refractivity contribution >= 4 is 23.5 Å². The quantitative estimate of drug-likeness (QED) is 0.805. The van der Waals surface area contributed by atoms with Gasteiger partial charge in [0.15, 0.2) is 0 Å². The fraction of sp³-hybridized carbons (Fsp3) is 0.500. The van der Waals surface area contributed by atoms with E-state index in [0.29, 0.717) is 5.96 Å². The number of amides is 2. The van der Waals surface area contributed by atoms with E-state index in [2.05, 4.69) is 12.1 Å². The topological polar surface area (TPSA) is 53.0 Å². The molecule has 0 bridgehead atoms. The number of hydrogen-bond acceptors (Lipinski definition) is 3. The van der Waals surface area contributed by atoms with Gasteiger partial charge in [0.25, 0.3) is 0 Å². The van der Waals surface area contributed by atoms with Gasteiger partial charge < -0.3 is 0 Å². The lowest BCUT2D eigenvalue weighted by molar-refractivity contribution is -0.144. The van der Waals surface area contributed by atoms with E-state index >= 15 is 0 Å². The number of carbonyl (C=O) groups is 2. The summed E-state index contributed by atoms with van der Waals surface area (Å²) < 4.78 is 0. The van der Waals surface area contributed by atoms with Crippen molar-refractivity contribution in [3.8, 4) is 0 Å². The van der Waals surface area contributed by atoms with Crippen LogP contribution in [0.3, 0.4) is 0 Å². The monoisotopic (exact) mass is 315 g/mol. The normalized spacial score (nSPS) is 15.4. The van der Waals surface area contributed by atoms with Crippen LogP contribution in [0.2, 0.25) is 0 Å². The molecule has 0 radical (unpaired) electrons. The van der Waals surface area contributed by atoms with Crippen molar-refractivity contribution < 1.29 is 9.59 Å². The largest absolute Gasteiger partial charge is 0.319 e. The molecule has 1 fully saturated rings. The van der Waals surface area contributed by atoms with Crippen molar-refractivity contribution in [3.63, 3.8) is 0 Å². The summed E-state index contributed by atoms with van der Waals surface area (Å²) in [7, 11) is 0. The van der Waals surface area contributed by atoms with Crippen LogP contribution in [0.15, 0.2) is 17.1 Å². The third-order valence-electron chi connectivity index (χ3n) is 3.93. The van der Waals surface area contributed by atoms with E-state index in [9.17, 15) is 9.59 Å². The van der Waals surface area contributed by atoms with E-state index in [1.54, 1.807) is 0 Å². The predicted octanol–water partition coefficient (Wildman–Crippen LogP) is 3.09. The molecule has 1 aromatic carbocycles. The van der Waals surface area contributed by atoms with Gasteiger partial charge in [0.05, 0.1) is 5.69 Å². The molecular weight excluding hydrogens is 290 g/mol. The van der Waals surface area contributed by atoms with Crippen LogP contribution in [0.1, 0.15) is 44.4 Å². The SMILES string of the molecule is Cc1cc(C)c(N=C2N(C(C)C)C(=O)C(=O)N2C(C)C)c(C)c1. The van der Waals surface area contributed by atoms with Crippen LogP contribution < -0.4 is 0 Å². The molecule has 0 atom stereocenters. The highest BCUT2D eigenvalue weighted by Crippen LogP contribution is 2.28. The standard InChI is InChI=1S/C18H25N3O2/c1-10(2)20-16(22)17(23)21(11(3)4)18(20)19-15-13(6)8-12(5)9-14(15)7/h8-11H,1-7H3. The molecule has 1 heterocycles. The second-order valence-corrected chi connectivity index (χ2v) is 6.70. The zero-order chi connectivity index (χ0) is 17.5. The fourth-order valence-electron chi connectivity index (χ4n) is 2.99. The maximum Gasteiger partial charge on any atom is 0.319 e. The zero-order valence-electron chi connectivity index (χ0n) is 15.0. The number of aliphatic imine (C=N–C) groups is 1. The minimum atomic E-state index is -0.505. The Balaban J connectivity index is 2.65. The van der Waals surface area contributed by atoms with E-state index in [0.717, 1.165) is 16.8 Å². The average molecular weight is 315 g/mol. The molecule has 2 amide bonds. The maximum atomic E-state index is 12.3. The van der Waals surface area contributed by atoms with Crippen molar-refractivity contribution in [3.05, 3.63) is 28.8 Å². The molecule has 124 valence electrons. The number of aryl methyl sites for hydroxylation is 3. The van der Waals surface area contributed by atoms with Crippen LogP contribution in [0.25, 0.3) is 0 Å². The van der Waals surface area contributed by atoms with Gasteiger partial charge in [-0.15, -0.1) is 0 Å². The smallest absolute Gasteiger partial charge is 0.271 e. The summed E-state index contributed by atoms with van der Waals surface area (Å²) in [5.74, 6) is -0.579. The Morgan fingerprint density at radius 3 is 1.57 bits per heavy atom. The van der Waals surface area contributed by atoms with Crippen molar-refractivity contribution in [1.29, 1.82) is 0 Å². The van der Waals surface area contributed by atoms with Crippen molar-refractivity contribution in [2.24, 2.45) is 4.99 Å². The summed E-state index contributed by atoms with van der Waals surface area (Å²) in [5.41, 5.74) is 4.07. The Morgan fingerprint density at radius 1 is 0.826 bits per heavy atom. The van der Waals surface area contributed by atoms with Gasteiger partial charge in [0.2, 0.25) is 5.96 Å². The van der Waals surface area contributed by atoms with E-state index in [4.69, 9.17) is 4.99 Å². The van der Waals surface area contributed by atoms with E-state index < -0.39 is 11.8 Å². The number of nitrogens with zero attached hydrogens (tertiary/aromatic N) is 3. The molecule has 1 saturated heterocycles. The minimum Gasteiger partial charge on any atom is -0.271 e. The number of benzene rings is 1. The Morgan fingerprint density at radius 2 is 1.22 bits per heavy atom. The second kappa shape index (κ2) is 6.14. The van der Waals surface area contributed by atoms with Crippen LogP contribution in [-0.4, -0.2) is 39.7 Å². The summed E-state index contributed by atoms with van der Waals surface area (Å²) in [6, 6.07) is 3.87. The molecule has 5 heteroatoms. The molecule has 0 aliphatic carbocycles. The van der Waals surface area contributed by atoms with Gasteiger partial charge in [-0.25, -0.2) is 4.99 Å². The highest BCUT2D eigenvalue weighted by Gasteiger charge is 2.45. The number of rotatable bonds is 3. The molecule has 0 spiro atoms. The lowest BCUT2D eigenvalue weighted by atomic mass is 10.1. The second-order valence-electron chi connectivity index (χ2n) is 6.70. The molecule has 2 rings (SSSR count). The Kier molecular flexibility index (Phi) is 4.59. The Bertz CT molecular complexity index is 639. The van der Waals surface area contributed by atoms with Gasteiger partial charge in [-0.1, -0.05) is 17.7 Å². The molecule has 5 nitrogen and oxygen atoms in total. The van der Waals surface area contributed by atoms with Crippen LogP contribution in [0, 0.1) is 20.8 Å². The van der Waals surface area contributed by atoms with Crippen LogP contribution in [-0.2, 0) is 9.59 Å². The summed E-state index contributed by atoms with van der Waals surface area (Å²) in [4.78, 5) is 32.4. The summed E-state index contributed by atoms with van der Waals surface area (Å²) in [6.07, 6.45) is 0. The Hall–Kier alpha value is -2.17. The number of hydrogen-bond donors (Lipinski definition) is 0. The molecular formula is C18H25N3O2. The lowest BCUT2D eigenvalue weighted by Crippen LogP contribution is -2.41.